The average molecular weight is 361 g/mol. The summed E-state index contributed by atoms with van der Waals surface area (Å²) < 4.78 is 20.8. The van der Waals surface area contributed by atoms with Crippen molar-refractivity contribution in [3.8, 4) is 16.9 Å². The molecule has 2 heterocycles. The number of benzene rings is 2. The molecule has 0 aliphatic carbocycles. The number of rotatable bonds is 4. The quantitative estimate of drug-likeness (QED) is 0.586. The fourth-order valence-electron chi connectivity index (χ4n) is 2.82. The van der Waals surface area contributed by atoms with E-state index in [9.17, 15) is 9.18 Å². The topological polar surface area (TPSA) is 55.6 Å². The van der Waals surface area contributed by atoms with Gasteiger partial charge in [-0.2, -0.15) is 0 Å². The number of carbonyl (C=O) groups excluding carboxylic acids is 1. The Bertz CT molecular complexity index is 1140. The molecule has 0 radical (unpaired) electrons. The summed E-state index contributed by atoms with van der Waals surface area (Å²) in [6.07, 6.45) is 3.51. The van der Waals surface area contributed by atoms with Crippen molar-refractivity contribution in [1.29, 1.82) is 0 Å². The van der Waals surface area contributed by atoms with Gasteiger partial charge in [0.15, 0.2) is 0 Å². The van der Waals surface area contributed by atoms with Crippen LogP contribution >= 0.6 is 0 Å². The molecule has 0 unspecified atom stereocenters. The van der Waals surface area contributed by atoms with Gasteiger partial charge in [-0.05, 0) is 47.5 Å². The van der Waals surface area contributed by atoms with Gasteiger partial charge in [0, 0.05) is 12.4 Å². The summed E-state index contributed by atoms with van der Waals surface area (Å²) in [5, 5.41) is 2.54. The Hall–Kier alpha value is -3.67. The molecule has 0 fully saturated rings. The molecular formula is C21H16FN3O2. The van der Waals surface area contributed by atoms with Crippen LogP contribution in [0.25, 0.3) is 16.8 Å². The Labute approximate surface area is 155 Å². The van der Waals surface area contributed by atoms with Gasteiger partial charge in [0.05, 0.1) is 12.8 Å². The van der Waals surface area contributed by atoms with Crippen molar-refractivity contribution in [2.75, 3.05) is 12.4 Å². The van der Waals surface area contributed by atoms with Crippen molar-refractivity contribution in [3.05, 3.63) is 84.6 Å². The SMILES string of the molecule is COc1cccc(-c2ccc3nc(C(=O)Nc4ccccc4F)cn3c2)c1. The fourth-order valence-corrected chi connectivity index (χ4v) is 2.82. The molecule has 4 rings (SSSR count). The van der Waals surface area contributed by atoms with Crippen LogP contribution in [0.3, 0.4) is 0 Å². The third-order valence-corrected chi connectivity index (χ3v) is 4.21. The molecule has 0 saturated carbocycles. The summed E-state index contributed by atoms with van der Waals surface area (Å²) in [5.41, 5.74) is 2.90. The molecular weight excluding hydrogens is 345 g/mol. The third kappa shape index (κ3) is 3.37. The molecule has 0 aliphatic heterocycles. The number of carbonyl (C=O) groups is 1. The second kappa shape index (κ2) is 6.92. The van der Waals surface area contributed by atoms with Crippen LogP contribution in [0.15, 0.2) is 73.1 Å². The first-order chi connectivity index (χ1) is 13.1. The first-order valence-corrected chi connectivity index (χ1v) is 8.33. The molecule has 0 bridgehead atoms. The van der Waals surface area contributed by atoms with E-state index in [1.165, 1.54) is 12.1 Å². The van der Waals surface area contributed by atoms with Crippen LogP contribution in [0.4, 0.5) is 10.1 Å². The van der Waals surface area contributed by atoms with Crippen LogP contribution in [0.2, 0.25) is 0 Å². The number of fused-ring (bicyclic) bond motifs is 1. The highest BCUT2D eigenvalue weighted by atomic mass is 19.1. The van der Waals surface area contributed by atoms with E-state index >= 15 is 0 Å². The Morgan fingerprint density at radius 2 is 1.89 bits per heavy atom. The fraction of sp³-hybridized carbons (Fsp3) is 0.0476. The van der Waals surface area contributed by atoms with E-state index in [2.05, 4.69) is 10.3 Å². The van der Waals surface area contributed by atoms with E-state index in [1.54, 1.807) is 29.8 Å². The van der Waals surface area contributed by atoms with Crippen LogP contribution in [-0.2, 0) is 0 Å². The number of halogens is 1. The monoisotopic (exact) mass is 361 g/mol. The number of aromatic nitrogens is 2. The lowest BCUT2D eigenvalue weighted by molar-refractivity contribution is 0.102. The number of amides is 1. The first-order valence-electron chi connectivity index (χ1n) is 8.33. The van der Waals surface area contributed by atoms with E-state index in [4.69, 9.17) is 4.74 Å². The molecule has 4 aromatic rings. The number of ether oxygens (including phenoxy) is 1. The highest BCUT2D eigenvalue weighted by molar-refractivity contribution is 6.03. The van der Waals surface area contributed by atoms with Crippen molar-refractivity contribution in [2.24, 2.45) is 0 Å². The minimum Gasteiger partial charge on any atom is -0.497 e. The molecule has 134 valence electrons. The van der Waals surface area contributed by atoms with Crippen molar-refractivity contribution >= 4 is 17.2 Å². The number of nitrogens with zero attached hydrogens (tertiary/aromatic N) is 2. The zero-order valence-corrected chi connectivity index (χ0v) is 14.5. The molecule has 0 atom stereocenters. The van der Waals surface area contributed by atoms with Gasteiger partial charge >= 0.3 is 0 Å². The number of hydrogen-bond donors (Lipinski definition) is 1. The van der Waals surface area contributed by atoms with Gasteiger partial charge in [-0.25, -0.2) is 9.37 Å². The Morgan fingerprint density at radius 1 is 1.04 bits per heavy atom. The molecule has 0 spiro atoms. The van der Waals surface area contributed by atoms with Crippen molar-refractivity contribution in [3.63, 3.8) is 0 Å². The zero-order valence-electron chi connectivity index (χ0n) is 14.5. The van der Waals surface area contributed by atoms with E-state index in [1.807, 2.05) is 42.6 Å². The zero-order chi connectivity index (χ0) is 18.8. The number of nitrogens with one attached hydrogen (secondary N) is 1. The smallest absolute Gasteiger partial charge is 0.275 e. The first kappa shape index (κ1) is 16.8. The highest BCUT2D eigenvalue weighted by Gasteiger charge is 2.13. The van der Waals surface area contributed by atoms with E-state index in [0.717, 1.165) is 16.9 Å². The van der Waals surface area contributed by atoms with E-state index in [-0.39, 0.29) is 11.4 Å². The predicted octanol–water partition coefficient (Wildman–Crippen LogP) is 4.40. The summed E-state index contributed by atoms with van der Waals surface area (Å²) in [4.78, 5) is 16.7. The Kier molecular flexibility index (Phi) is 4.30. The lowest BCUT2D eigenvalue weighted by Gasteiger charge is -2.05. The van der Waals surface area contributed by atoms with Crippen LogP contribution in [0, 0.1) is 5.82 Å². The highest BCUT2D eigenvalue weighted by Crippen LogP contribution is 2.24. The molecule has 0 aliphatic rings. The minimum atomic E-state index is -0.491. The van der Waals surface area contributed by atoms with Gasteiger partial charge in [0.25, 0.3) is 5.91 Å². The van der Waals surface area contributed by atoms with Crippen LogP contribution in [0.1, 0.15) is 10.5 Å². The van der Waals surface area contributed by atoms with Gasteiger partial charge in [0.2, 0.25) is 0 Å². The standard InChI is InChI=1S/C21H16FN3O2/c1-27-16-6-4-5-14(11-16)15-9-10-20-23-19(13-25(20)12-15)21(26)24-18-8-3-2-7-17(18)22/h2-13H,1H3,(H,24,26). The molecule has 1 amide bonds. The lowest BCUT2D eigenvalue weighted by Crippen LogP contribution is -2.13. The average Bonchev–Trinajstić information content (AvgIpc) is 3.13. The van der Waals surface area contributed by atoms with Crippen molar-refractivity contribution in [1.82, 2.24) is 9.38 Å². The molecule has 6 heteroatoms. The number of para-hydroxylation sites is 1. The Morgan fingerprint density at radius 3 is 2.70 bits per heavy atom. The molecule has 0 saturated heterocycles. The van der Waals surface area contributed by atoms with Gasteiger partial charge in [-0.3, -0.25) is 4.79 Å². The van der Waals surface area contributed by atoms with Crippen LogP contribution in [0.5, 0.6) is 5.75 Å². The summed E-state index contributed by atoms with van der Waals surface area (Å²) in [6.45, 7) is 0. The number of anilines is 1. The molecule has 2 aromatic heterocycles. The van der Waals surface area contributed by atoms with Gasteiger partial charge in [0.1, 0.15) is 22.9 Å². The van der Waals surface area contributed by atoms with Crippen molar-refractivity contribution < 1.29 is 13.9 Å². The summed E-state index contributed by atoms with van der Waals surface area (Å²) in [6, 6.07) is 17.5. The second-order valence-electron chi connectivity index (χ2n) is 5.98. The maximum atomic E-state index is 13.7. The van der Waals surface area contributed by atoms with Gasteiger partial charge in [-0.15, -0.1) is 0 Å². The summed E-state index contributed by atoms with van der Waals surface area (Å²) in [5.74, 6) is -0.190. The van der Waals surface area contributed by atoms with Crippen molar-refractivity contribution in [2.45, 2.75) is 0 Å². The van der Waals surface area contributed by atoms with E-state index in [0.29, 0.717) is 5.65 Å². The number of pyridine rings is 1. The van der Waals surface area contributed by atoms with Gasteiger partial charge in [-0.1, -0.05) is 24.3 Å². The van der Waals surface area contributed by atoms with Gasteiger partial charge < -0.3 is 14.5 Å². The molecule has 1 N–H and O–H groups in total. The third-order valence-electron chi connectivity index (χ3n) is 4.21. The largest absolute Gasteiger partial charge is 0.497 e. The molecule has 5 nitrogen and oxygen atoms in total. The maximum absolute atomic E-state index is 13.7. The maximum Gasteiger partial charge on any atom is 0.275 e. The predicted molar refractivity (Wildman–Crippen MR) is 102 cm³/mol. The number of methoxy groups -OCH3 is 1. The van der Waals surface area contributed by atoms with Crippen LogP contribution < -0.4 is 10.1 Å². The number of hydrogen-bond acceptors (Lipinski definition) is 3. The number of imidazole rings is 1. The van der Waals surface area contributed by atoms with E-state index < -0.39 is 11.7 Å². The summed E-state index contributed by atoms with van der Waals surface area (Å²) >= 11 is 0. The lowest BCUT2D eigenvalue weighted by atomic mass is 10.1. The summed E-state index contributed by atoms with van der Waals surface area (Å²) in [7, 11) is 1.62. The Balaban J connectivity index is 1.64. The van der Waals surface area contributed by atoms with Crippen LogP contribution in [-0.4, -0.2) is 22.4 Å². The minimum absolute atomic E-state index is 0.122. The normalized spacial score (nSPS) is 10.7. The molecule has 27 heavy (non-hydrogen) atoms. The molecule has 2 aromatic carbocycles. The second-order valence-corrected chi connectivity index (χ2v) is 5.98.